The maximum Gasteiger partial charge on any atom is 0.269 e. The highest BCUT2D eigenvalue weighted by atomic mass is 16.6. The van der Waals surface area contributed by atoms with Crippen molar-refractivity contribution in [3.63, 3.8) is 0 Å². The molecule has 0 N–H and O–H groups in total. The fourth-order valence-corrected chi connectivity index (χ4v) is 4.41. The van der Waals surface area contributed by atoms with Gasteiger partial charge in [-0.15, -0.1) is 0 Å². The van der Waals surface area contributed by atoms with Crippen molar-refractivity contribution >= 4 is 29.0 Å². The van der Waals surface area contributed by atoms with Crippen molar-refractivity contribution in [3.8, 4) is 0 Å². The van der Waals surface area contributed by atoms with E-state index in [-0.39, 0.29) is 10.6 Å². The van der Waals surface area contributed by atoms with E-state index < -0.39 is 0 Å². The molecule has 2 aromatic rings. The molecule has 0 spiro atoms. The lowest BCUT2D eigenvalue weighted by Gasteiger charge is -2.38. The maximum atomic E-state index is 10.9. The van der Waals surface area contributed by atoms with Crippen LogP contribution in [0.25, 0.3) is 0 Å². The van der Waals surface area contributed by atoms with E-state index in [0.29, 0.717) is 26.4 Å². The summed E-state index contributed by atoms with van der Waals surface area (Å²) in [4.78, 5) is 29.4. The Morgan fingerprint density at radius 2 is 1.18 bits per heavy atom. The number of non-ortho nitro benzene ring substituents is 1. The van der Waals surface area contributed by atoms with Crippen molar-refractivity contribution in [2.45, 2.75) is 0 Å². The third-order valence-corrected chi connectivity index (χ3v) is 6.35. The van der Waals surface area contributed by atoms with Crippen molar-refractivity contribution in [1.82, 2.24) is 9.97 Å². The summed E-state index contributed by atoms with van der Waals surface area (Å²) in [6.45, 7) is 9.31. The van der Waals surface area contributed by atoms with Crippen LogP contribution in [0.1, 0.15) is 0 Å². The van der Waals surface area contributed by atoms with E-state index in [9.17, 15) is 10.1 Å². The molecule has 11 nitrogen and oxygen atoms in total. The molecule has 33 heavy (non-hydrogen) atoms. The van der Waals surface area contributed by atoms with Crippen LogP contribution in [0.2, 0.25) is 0 Å². The number of nitro groups is 1. The lowest BCUT2D eigenvalue weighted by Crippen LogP contribution is -2.47. The maximum absolute atomic E-state index is 10.9. The van der Waals surface area contributed by atoms with Gasteiger partial charge in [0.2, 0.25) is 5.95 Å². The van der Waals surface area contributed by atoms with Gasteiger partial charge in [-0.2, -0.15) is 9.97 Å². The van der Waals surface area contributed by atoms with Crippen LogP contribution in [0.4, 0.5) is 29.0 Å². The van der Waals surface area contributed by atoms with Crippen molar-refractivity contribution in [1.29, 1.82) is 0 Å². The average molecular weight is 456 g/mol. The van der Waals surface area contributed by atoms with Crippen LogP contribution >= 0.6 is 0 Å². The molecule has 3 saturated heterocycles. The van der Waals surface area contributed by atoms with Gasteiger partial charge in [-0.05, 0) is 12.1 Å². The van der Waals surface area contributed by atoms with Crippen molar-refractivity contribution in [2.24, 2.45) is 0 Å². The molecule has 11 heteroatoms. The summed E-state index contributed by atoms with van der Waals surface area (Å²) in [5.74, 6) is 2.65. The van der Waals surface area contributed by atoms with Crippen LogP contribution in [0.5, 0.6) is 0 Å². The number of piperazine rings is 1. The molecule has 176 valence electrons. The van der Waals surface area contributed by atoms with E-state index in [1.807, 2.05) is 12.1 Å². The van der Waals surface area contributed by atoms with Gasteiger partial charge in [-0.3, -0.25) is 10.1 Å². The number of nitrogens with zero attached hydrogens (tertiary/aromatic N) is 7. The predicted molar refractivity (Wildman–Crippen MR) is 126 cm³/mol. The van der Waals surface area contributed by atoms with Gasteiger partial charge in [0, 0.05) is 76.2 Å². The largest absolute Gasteiger partial charge is 0.378 e. The molecule has 1 aromatic carbocycles. The van der Waals surface area contributed by atoms with E-state index in [0.717, 1.165) is 75.6 Å². The number of benzene rings is 1. The first-order valence-corrected chi connectivity index (χ1v) is 11.5. The average Bonchev–Trinajstić information content (AvgIpc) is 2.89. The van der Waals surface area contributed by atoms with E-state index in [4.69, 9.17) is 19.4 Å². The van der Waals surface area contributed by atoms with Crippen LogP contribution < -0.4 is 19.6 Å². The van der Waals surface area contributed by atoms with Crippen LogP contribution in [0.3, 0.4) is 0 Å². The first kappa shape index (κ1) is 21.7. The number of nitro benzene ring substituents is 1. The van der Waals surface area contributed by atoms with Gasteiger partial charge in [0.25, 0.3) is 5.69 Å². The molecular formula is C22H29N7O4. The topological polar surface area (TPSA) is 100 Å². The number of anilines is 4. The van der Waals surface area contributed by atoms with Gasteiger partial charge in [-0.25, -0.2) is 0 Å². The van der Waals surface area contributed by atoms with Crippen molar-refractivity contribution in [3.05, 3.63) is 40.4 Å². The molecule has 5 rings (SSSR count). The second-order valence-corrected chi connectivity index (χ2v) is 8.33. The molecule has 0 radical (unpaired) electrons. The fourth-order valence-electron chi connectivity index (χ4n) is 4.41. The van der Waals surface area contributed by atoms with Crippen LogP contribution in [-0.2, 0) is 9.47 Å². The smallest absolute Gasteiger partial charge is 0.269 e. The number of hydrogen-bond acceptors (Lipinski definition) is 10. The Labute approximate surface area is 192 Å². The van der Waals surface area contributed by atoms with E-state index in [2.05, 4.69) is 25.7 Å². The predicted octanol–water partition coefficient (Wildman–Crippen LogP) is 1.38. The first-order chi connectivity index (χ1) is 16.2. The first-order valence-electron chi connectivity index (χ1n) is 11.5. The molecule has 3 aliphatic rings. The minimum Gasteiger partial charge on any atom is -0.378 e. The molecule has 0 aliphatic carbocycles. The van der Waals surface area contributed by atoms with Crippen molar-refractivity contribution < 1.29 is 14.4 Å². The number of rotatable bonds is 5. The molecule has 4 heterocycles. The summed E-state index contributed by atoms with van der Waals surface area (Å²) in [6, 6.07) is 8.87. The van der Waals surface area contributed by atoms with Gasteiger partial charge < -0.3 is 29.1 Å². The lowest BCUT2D eigenvalue weighted by atomic mass is 10.2. The van der Waals surface area contributed by atoms with Gasteiger partial charge >= 0.3 is 0 Å². The Morgan fingerprint density at radius 3 is 1.73 bits per heavy atom. The molecule has 0 amide bonds. The Bertz CT molecular complexity index is 917. The summed E-state index contributed by atoms with van der Waals surface area (Å²) in [6.07, 6.45) is 0. The third-order valence-electron chi connectivity index (χ3n) is 6.35. The molecule has 0 unspecified atom stereocenters. The SMILES string of the molecule is O=[N+]([O-])c1ccc(N2CCN(c3cc(N4CCOCC4)nc(N4CCOCC4)n3)CC2)cc1. The zero-order valence-electron chi connectivity index (χ0n) is 18.6. The van der Waals surface area contributed by atoms with Crippen LogP contribution in [0.15, 0.2) is 30.3 Å². The van der Waals surface area contributed by atoms with Crippen LogP contribution in [-0.4, -0.2) is 93.7 Å². The Balaban J connectivity index is 1.33. The summed E-state index contributed by atoms with van der Waals surface area (Å²) in [7, 11) is 0. The van der Waals surface area contributed by atoms with E-state index in [1.165, 1.54) is 0 Å². The summed E-state index contributed by atoms with van der Waals surface area (Å²) >= 11 is 0. The highest BCUT2D eigenvalue weighted by Gasteiger charge is 2.24. The second kappa shape index (κ2) is 9.75. The molecule has 3 aliphatic heterocycles. The molecule has 1 aromatic heterocycles. The minimum absolute atomic E-state index is 0.115. The molecule has 0 saturated carbocycles. The summed E-state index contributed by atoms with van der Waals surface area (Å²) in [5, 5.41) is 10.9. The number of morpholine rings is 2. The molecular weight excluding hydrogens is 426 g/mol. The highest BCUT2D eigenvalue weighted by Crippen LogP contribution is 2.27. The summed E-state index contributed by atoms with van der Waals surface area (Å²) < 4.78 is 11.0. The Kier molecular flexibility index (Phi) is 6.40. The van der Waals surface area contributed by atoms with Crippen LogP contribution in [0, 0.1) is 10.1 Å². The van der Waals surface area contributed by atoms with E-state index >= 15 is 0 Å². The highest BCUT2D eigenvalue weighted by molar-refractivity contribution is 5.58. The lowest BCUT2D eigenvalue weighted by molar-refractivity contribution is -0.384. The fraction of sp³-hybridized carbons (Fsp3) is 0.545. The Hall–Kier alpha value is -3.18. The van der Waals surface area contributed by atoms with Crippen molar-refractivity contribution in [2.75, 3.05) is 98.4 Å². The monoisotopic (exact) mass is 455 g/mol. The molecule has 3 fully saturated rings. The van der Waals surface area contributed by atoms with E-state index in [1.54, 1.807) is 12.1 Å². The quantitative estimate of drug-likeness (QED) is 0.486. The minimum atomic E-state index is -0.366. The number of ether oxygens (including phenoxy) is 2. The normalized spacial score (nSPS) is 19.6. The van der Waals surface area contributed by atoms with Gasteiger partial charge in [0.15, 0.2) is 0 Å². The standard InChI is InChI=1S/C22H29N7O4/c30-29(31)19-3-1-18(2-4-19)25-5-7-26(8-6-25)20-17-21(27-9-13-32-14-10-27)24-22(23-20)28-11-15-33-16-12-28/h1-4,17H,5-16H2. The molecule has 0 atom stereocenters. The van der Waals surface area contributed by atoms with Gasteiger partial charge in [0.1, 0.15) is 11.6 Å². The second-order valence-electron chi connectivity index (χ2n) is 8.33. The molecule has 0 bridgehead atoms. The van der Waals surface area contributed by atoms with Gasteiger partial charge in [0.05, 0.1) is 31.4 Å². The van der Waals surface area contributed by atoms with Gasteiger partial charge in [-0.1, -0.05) is 0 Å². The zero-order chi connectivity index (χ0) is 22.6. The third kappa shape index (κ3) is 4.93. The summed E-state index contributed by atoms with van der Waals surface area (Å²) in [5.41, 5.74) is 1.12. The Morgan fingerprint density at radius 1 is 0.697 bits per heavy atom. The number of hydrogen-bond donors (Lipinski definition) is 0. The number of aromatic nitrogens is 2. The zero-order valence-corrected chi connectivity index (χ0v) is 18.6.